The molecule has 0 heterocycles. The van der Waals surface area contributed by atoms with Crippen molar-refractivity contribution in [3.05, 3.63) is 12.7 Å². The summed E-state index contributed by atoms with van der Waals surface area (Å²) in [6, 6.07) is 0.00403. The Morgan fingerprint density at radius 1 is 1.16 bits per heavy atom. The van der Waals surface area contributed by atoms with Gasteiger partial charge in [0.05, 0.1) is 38.1 Å². The Hall–Kier alpha value is -0.910. The molecule has 0 aromatic heterocycles. The van der Waals surface area contributed by atoms with Crippen molar-refractivity contribution in [2.45, 2.75) is 39.0 Å². The zero-order chi connectivity index (χ0) is 14.8. The lowest BCUT2D eigenvalue weighted by Crippen LogP contribution is -2.38. The van der Waals surface area contributed by atoms with Crippen molar-refractivity contribution in [3.8, 4) is 0 Å². The first-order valence-corrected chi connectivity index (χ1v) is 6.53. The van der Waals surface area contributed by atoms with Crippen LogP contribution in [0.2, 0.25) is 0 Å². The largest absolute Gasteiger partial charge is 0.382 e. The molecular weight excluding hydrogens is 246 g/mol. The maximum atomic E-state index is 11.4. The standard InChI is InChI=1S/C14H27NO4/c1-7-14(16)15(5)11(2)8-18-13(4)10-19-12(3)9-17-6/h7,11-13H,1,8-10H2,2-6H3. The minimum atomic E-state index is -0.103. The van der Waals surface area contributed by atoms with Crippen molar-refractivity contribution in [1.82, 2.24) is 4.90 Å². The van der Waals surface area contributed by atoms with Crippen molar-refractivity contribution < 1.29 is 19.0 Å². The second-order valence-electron chi connectivity index (χ2n) is 4.75. The summed E-state index contributed by atoms with van der Waals surface area (Å²) in [6.45, 7) is 10.8. The van der Waals surface area contributed by atoms with Crippen LogP contribution in [0.15, 0.2) is 12.7 Å². The highest BCUT2D eigenvalue weighted by Crippen LogP contribution is 2.02. The van der Waals surface area contributed by atoms with Crippen molar-refractivity contribution in [2.24, 2.45) is 0 Å². The van der Waals surface area contributed by atoms with Crippen molar-refractivity contribution in [2.75, 3.05) is 34.0 Å². The molecule has 5 nitrogen and oxygen atoms in total. The molecule has 0 N–H and O–H groups in total. The number of amides is 1. The second-order valence-corrected chi connectivity index (χ2v) is 4.75. The van der Waals surface area contributed by atoms with Gasteiger partial charge in [-0.25, -0.2) is 0 Å². The van der Waals surface area contributed by atoms with Gasteiger partial charge in [0.2, 0.25) is 5.91 Å². The molecular formula is C14H27NO4. The summed E-state index contributed by atoms with van der Waals surface area (Å²) in [5.41, 5.74) is 0. The molecule has 0 aromatic carbocycles. The number of methoxy groups -OCH3 is 1. The first-order valence-electron chi connectivity index (χ1n) is 6.53. The number of nitrogens with zero attached hydrogens (tertiary/aromatic N) is 1. The molecule has 0 bridgehead atoms. The molecule has 3 unspecified atom stereocenters. The fourth-order valence-electron chi connectivity index (χ4n) is 1.41. The van der Waals surface area contributed by atoms with Gasteiger partial charge in [0.1, 0.15) is 0 Å². The first-order chi connectivity index (χ1) is 8.92. The molecule has 1 amide bonds. The summed E-state index contributed by atoms with van der Waals surface area (Å²) in [6.07, 6.45) is 1.34. The predicted molar refractivity (Wildman–Crippen MR) is 75.1 cm³/mol. The van der Waals surface area contributed by atoms with Crippen LogP contribution >= 0.6 is 0 Å². The molecule has 0 saturated carbocycles. The molecule has 0 fully saturated rings. The first kappa shape index (κ1) is 18.1. The van der Waals surface area contributed by atoms with E-state index in [9.17, 15) is 4.79 Å². The van der Waals surface area contributed by atoms with E-state index in [0.717, 1.165) is 0 Å². The smallest absolute Gasteiger partial charge is 0.246 e. The van der Waals surface area contributed by atoms with Crippen LogP contribution in [-0.4, -0.2) is 63.0 Å². The normalized spacial score (nSPS) is 15.6. The third kappa shape index (κ3) is 7.97. The van der Waals surface area contributed by atoms with Crippen LogP contribution in [0.5, 0.6) is 0 Å². The van der Waals surface area contributed by atoms with Crippen LogP contribution in [0.1, 0.15) is 20.8 Å². The molecule has 0 saturated heterocycles. The second kappa shape index (κ2) is 9.95. The average molecular weight is 273 g/mol. The number of rotatable bonds is 10. The quantitative estimate of drug-likeness (QED) is 0.566. The molecule has 0 aliphatic heterocycles. The summed E-state index contributed by atoms with van der Waals surface area (Å²) in [5.74, 6) is -0.103. The van der Waals surface area contributed by atoms with Gasteiger partial charge in [-0.1, -0.05) is 6.58 Å². The van der Waals surface area contributed by atoms with Crippen LogP contribution < -0.4 is 0 Å². The van der Waals surface area contributed by atoms with Crippen molar-refractivity contribution >= 4 is 5.91 Å². The van der Waals surface area contributed by atoms with E-state index < -0.39 is 0 Å². The molecule has 3 atom stereocenters. The number of carbonyl (C=O) groups excluding carboxylic acids is 1. The molecule has 0 radical (unpaired) electrons. The summed E-state index contributed by atoms with van der Waals surface area (Å²) >= 11 is 0. The lowest BCUT2D eigenvalue weighted by atomic mass is 10.3. The van der Waals surface area contributed by atoms with E-state index in [1.807, 2.05) is 20.8 Å². The third-order valence-electron chi connectivity index (χ3n) is 2.82. The third-order valence-corrected chi connectivity index (χ3v) is 2.82. The van der Waals surface area contributed by atoms with Gasteiger partial charge in [0, 0.05) is 14.2 Å². The van der Waals surface area contributed by atoms with Gasteiger partial charge >= 0.3 is 0 Å². The van der Waals surface area contributed by atoms with Gasteiger partial charge < -0.3 is 19.1 Å². The van der Waals surface area contributed by atoms with Crippen LogP contribution in [0.4, 0.5) is 0 Å². The van der Waals surface area contributed by atoms with E-state index >= 15 is 0 Å². The fraction of sp³-hybridized carbons (Fsp3) is 0.786. The molecule has 0 spiro atoms. The molecule has 0 aliphatic carbocycles. The minimum Gasteiger partial charge on any atom is -0.382 e. The lowest BCUT2D eigenvalue weighted by Gasteiger charge is -2.25. The lowest BCUT2D eigenvalue weighted by molar-refractivity contribution is -0.128. The Kier molecular flexibility index (Phi) is 9.47. The summed E-state index contributed by atoms with van der Waals surface area (Å²) in [4.78, 5) is 13.0. The zero-order valence-electron chi connectivity index (χ0n) is 12.7. The Morgan fingerprint density at radius 2 is 1.68 bits per heavy atom. The molecule has 112 valence electrons. The van der Waals surface area contributed by atoms with E-state index in [-0.39, 0.29) is 24.2 Å². The van der Waals surface area contributed by atoms with E-state index in [2.05, 4.69) is 6.58 Å². The number of ether oxygens (including phenoxy) is 3. The van der Waals surface area contributed by atoms with E-state index in [1.165, 1.54) is 6.08 Å². The van der Waals surface area contributed by atoms with E-state index in [0.29, 0.717) is 19.8 Å². The number of likely N-dealkylation sites (N-methyl/N-ethyl adjacent to an activating group) is 1. The van der Waals surface area contributed by atoms with Crippen LogP contribution in [-0.2, 0) is 19.0 Å². The van der Waals surface area contributed by atoms with Gasteiger partial charge in [-0.15, -0.1) is 0 Å². The Morgan fingerprint density at radius 3 is 2.21 bits per heavy atom. The average Bonchev–Trinajstić information content (AvgIpc) is 2.40. The Bertz CT molecular complexity index is 270. The molecule has 0 aromatic rings. The van der Waals surface area contributed by atoms with Gasteiger partial charge in [-0.3, -0.25) is 4.79 Å². The predicted octanol–water partition coefficient (Wildman–Crippen LogP) is 1.48. The SMILES string of the molecule is C=CC(=O)N(C)C(C)COC(C)COC(C)COC. The van der Waals surface area contributed by atoms with Gasteiger partial charge in [0.25, 0.3) is 0 Å². The van der Waals surface area contributed by atoms with Crippen molar-refractivity contribution in [3.63, 3.8) is 0 Å². The fourth-order valence-corrected chi connectivity index (χ4v) is 1.41. The Balaban J connectivity index is 3.86. The van der Waals surface area contributed by atoms with Gasteiger partial charge in [-0.2, -0.15) is 0 Å². The molecule has 0 aliphatic rings. The molecule has 5 heteroatoms. The highest BCUT2D eigenvalue weighted by molar-refractivity contribution is 5.86. The number of carbonyl (C=O) groups is 1. The highest BCUT2D eigenvalue weighted by Gasteiger charge is 2.15. The minimum absolute atomic E-state index is 0.00403. The summed E-state index contributed by atoms with van der Waals surface area (Å²) in [5, 5.41) is 0. The molecule has 0 rings (SSSR count). The van der Waals surface area contributed by atoms with Gasteiger partial charge in [0.15, 0.2) is 0 Å². The Labute approximate surface area is 116 Å². The van der Waals surface area contributed by atoms with E-state index in [1.54, 1.807) is 19.1 Å². The monoisotopic (exact) mass is 273 g/mol. The summed E-state index contributed by atoms with van der Waals surface area (Å²) < 4.78 is 16.2. The van der Waals surface area contributed by atoms with Crippen LogP contribution in [0.25, 0.3) is 0 Å². The zero-order valence-corrected chi connectivity index (χ0v) is 12.7. The highest BCUT2D eigenvalue weighted by atomic mass is 16.6. The topological polar surface area (TPSA) is 48.0 Å². The summed E-state index contributed by atoms with van der Waals surface area (Å²) in [7, 11) is 3.38. The van der Waals surface area contributed by atoms with Crippen LogP contribution in [0, 0.1) is 0 Å². The maximum absolute atomic E-state index is 11.4. The number of hydrogen-bond donors (Lipinski definition) is 0. The maximum Gasteiger partial charge on any atom is 0.246 e. The van der Waals surface area contributed by atoms with Crippen LogP contribution in [0.3, 0.4) is 0 Å². The van der Waals surface area contributed by atoms with Gasteiger partial charge in [-0.05, 0) is 26.8 Å². The molecule has 19 heavy (non-hydrogen) atoms. The van der Waals surface area contributed by atoms with Crippen molar-refractivity contribution in [1.29, 1.82) is 0 Å². The van der Waals surface area contributed by atoms with E-state index in [4.69, 9.17) is 14.2 Å². The number of hydrogen-bond acceptors (Lipinski definition) is 4.